The molecular weight excluding hydrogens is 128 g/mol. The Bertz CT molecular complexity index is 123. The Morgan fingerprint density at radius 1 is 1.80 bits per heavy atom. The lowest BCUT2D eigenvalue weighted by atomic mass is 10.5. The number of carbonyl (C=O) groups is 1. The zero-order valence-corrected chi connectivity index (χ0v) is 6.55. The van der Waals surface area contributed by atoms with E-state index in [0.29, 0.717) is 13.1 Å². The standard InChI is InChI=1S/C7H14N2O/c1-4-6-9(5-2)7(10)8-3/h4H,1,5-6H2,2-3H3,(H,8,10). The van der Waals surface area contributed by atoms with E-state index in [9.17, 15) is 4.79 Å². The molecule has 0 saturated carbocycles. The predicted octanol–water partition coefficient (Wildman–Crippen LogP) is 0.834. The molecule has 58 valence electrons. The van der Waals surface area contributed by atoms with Crippen LogP contribution in [-0.2, 0) is 0 Å². The highest BCUT2D eigenvalue weighted by molar-refractivity contribution is 5.73. The monoisotopic (exact) mass is 142 g/mol. The third-order valence-corrected chi connectivity index (χ3v) is 1.23. The molecule has 0 rings (SSSR count). The number of rotatable bonds is 3. The molecule has 0 aromatic rings. The molecule has 1 N–H and O–H groups in total. The van der Waals surface area contributed by atoms with E-state index in [1.54, 1.807) is 18.0 Å². The van der Waals surface area contributed by atoms with Crippen LogP contribution in [0.5, 0.6) is 0 Å². The summed E-state index contributed by atoms with van der Waals surface area (Å²) >= 11 is 0. The molecule has 0 spiro atoms. The first-order chi connectivity index (χ1) is 4.76. The molecule has 0 saturated heterocycles. The van der Waals surface area contributed by atoms with Crippen LogP contribution in [0.4, 0.5) is 4.79 Å². The topological polar surface area (TPSA) is 32.3 Å². The molecule has 0 bridgehead atoms. The van der Waals surface area contributed by atoms with Crippen molar-refractivity contribution in [2.24, 2.45) is 0 Å². The molecule has 2 amide bonds. The number of urea groups is 1. The second-order valence-corrected chi connectivity index (χ2v) is 1.88. The van der Waals surface area contributed by atoms with Crippen LogP contribution < -0.4 is 5.32 Å². The SMILES string of the molecule is C=CCN(CC)C(=O)NC. The molecule has 0 aromatic heterocycles. The summed E-state index contributed by atoms with van der Waals surface area (Å²) < 4.78 is 0. The fourth-order valence-electron chi connectivity index (χ4n) is 0.670. The number of nitrogens with zero attached hydrogens (tertiary/aromatic N) is 1. The fraction of sp³-hybridized carbons (Fsp3) is 0.571. The summed E-state index contributed by atoms with van der Waals surface area (Å²) in [5, 5.41) is 2.54. The van der Waals surface area contributed by atoms with E-state index in [-0.39, 0.29) is 6.03 Å². The molecule has 0 fully saturated rings. The van der Waals surface area contributed by atoms with Crippen molar-refractivity contribution in [2.75, 3.05) is 20.1 Å². The average Bonchev–Trinajstić information content (AvgIpc) is 1.99. The Hall–Kier alpha value is -0.990. The van der Waals surface area contributed by atoms with Crippen LogP contribution in [0.1, 0.15) is 6.92 Å². The second kappa shape index (κ2) is 4.85. The molecule has 0 atom stereocenters. The molecule has 0 aliphatic heterocycles. The van der Waals surface area contributed by atoms with Gasteiger partial charge < -0.3 is 10.2 Å². The van der Waals surface area contributed by atoms with Crippen LogP contribution in [-0.4, -0.2) is 31.1 Å². The Balaban J connectivity index is 3.79. The maximum Gasteiger partial charge on any atom is 0.317 e. The molecule has 0 radical (unpaired) electrons. The summed E-state index contributed by atoms with van der Waals surface area (Å²) in [6.07, 6.45) is 1.71. The maximum absolute atomic E-state index is 10.9. The van der Waals surface area contributed by atoms with E-state index >= 15 is 0 Å². The number of likely N-dealkylation sites (N-methyl/N-ethyl adjacent to an activating group) is 1. The number of hydrogen-bond donors (Lipinski definition) is 1. The summed E-state index contributed by atoms with van der Waals surface area (Å²) in [6, 6.07) is -0.0533. The van der Waals surface area contributed by atoms with Gasteiger partial charge >= 0.3 is 6.03 Å². The number of amides is 2. The Kier molecular flexibility index (Phi) is 4.37. The Morgan fingerprint density at radius 3 is 2.70 bits per heavy atom. The van der Waals surface area contributed by atoms with E-state index in [1.165, 1.54) is 0 Å². The normalized spacial score (nSPS) is 8.60. The summed E-state index contributed by atoms with van der Waals surface area (Å²) in [7, 11) is 1.62. The van der Waals surface area contributed by atoms with Gasteiger partial charge in [-0.3, -0.25) is 0 Å². The molecule has 0 aliphatic rings. The number of nitrogens with one attached hydrogen (secondary N) is 1. The molecule has 0 heterocycles. The zero-order chi connectivity index (χ0) is 7.98. The number of carbonyl (C=O) groups excluding carboxylic acids is 1. The van der Waals surface area contributed by atoms with Gasteiger partial charge in [-0.1, -0.05) is 6.08 Å². The van der Waals surface area contributed by atoms with E-state index in [0.717, 1.165) is 0 Å². The maximum atomic E-state index is 10.9. The van der Waals surface area contributed by atoms with Gasteiger partial charge in [0.25, 0.3) is 0 Å². The van der Waals surface area contributed by atoms with Crippen molar-refractivity contribution in [1.82, 2.24) is 10.2 Å². The van der Waals surface area contributed by atoms with Gasteiger partial charge in [0.1, 0.15) is 0 Å². The van der Waals surface area contributed by atoms with Gasteiger partial charge in [-0.15, -0.1) is 6.58 Å². The van der Waals surface area contributed by atoms with Crippen molar-refractivity contribution in [3.8, 4) is 0 Å². The quantitative estimate of drug-likeness (QED) is 0.582. The number of hydrogen-bond acceptors (Lipinski definition) is 1. The van der Waals surface area contributed by atoms with E-state index < -0.39 is 0 Å². The van der Waals surface area contributed by atoms with Crippen molar-refractivity contribution in [3.05, 3.63) is 12.7 Å². The largest absolute Gasteiger partial charge is 0.341 e. The predicted molar refractivity (Wildman–Crippen MR) is 41.9 cm³/mol. The first-order valence-corrected chi connectivity index (χ1v) is 3.33. The van der Waals surface area contributed by atoms with Crippen LogP contribution in [0.25, 0.3) is 0 Å². The highest BCUT2D eigenvalue weighted by Gasteiger charge is 2.04. The lowest BCUT2D eigenvalue weighted by Gasteiger charge is -2.17. The van der Waals surface area contributed by atoms with Crippen molar-refractivity contribution < 1.29 is 4.79 Å². The molecule has 0 aliphatic carbocycles. The molecule has 3 heteroatoms. The first-order valence-electron chi connectivity index (χ1n) is 3.33. The van der Waals surface area contributed by atoms with Crippen LogP contribution in [0.15, 0.2) is 12.7 Å². The molecule has 10 heavy (non-hydrogen) atoms. The molecule has 3 nitrogen and oxygen atoms in total. The fourth-order valence-corrected chi connectivity index (χ4v) is 0.670. The van der Waals surface area contributed by atoms with Gasteiger partial charge in [0.15, 0.2) is 0 Å². The first kappa shape index (κ1) is 9.01. The van der Waals surface area contributed by atoms with Gasteiger partial charge in [0.2, 0.25) is 0 Å². The average molecular weight is 142 g/mol. The second-order valence-electron chi connectivity index (χ2n) is 1.88. The highest BCUT2D eigenvalue weighted by atomic mass is 16.2. The zero-order valence-electron chi connectivity index (χ0n) is 6.55. The Labute approximate surface area is 61.7 Å². The smallest absolute Gasteiger partial charge is 0.317 e. The third-order valence-electron chi connectivity index (χ3n) is 1.23. The third kappa shape index (κ3) is 2.53. The molecular formula is C7H14N2O. The van der Waals surface area contributed by atoms with Crippen molar-refractivity contribution >= 4 is 6.03 Å². The lowest BCUT2D eigenvalue weighted by molar-refractivity contribution is 0.208. The minimum Gasteiger partial charge on any atom is -0.341 e. The summed E-state index contributed by atoms with van der Waals surface area (Å²) in [5.41, 5.74) is 0. The van der Waals surface area contributed by atoms with Crippen LogP contribution in [0.2, 0.25) is 0 Å². The van der Waals surface area contributed by atoms with Crippen molar-refractivity contribution in [2.45, 2.75) is 6.92 Å². The minimum absolute atomic E-state index is 0.0533. The minimum atomic E-state index is -0.0533. The summed E-state index contributed by atoms with van der Waals surface area (Å²) in [6.45, 7) is 6.79. The molecule has 0 aromatic carbocycles. The molecule has 0 unspecified atom stereocenters. The Morgan fingerprint density at radius 2 is 2.40 bits per heavy atom. The van der Waals surface area contributed by atoms with Crippen LogP contribution >= 0.6 is 0 Å². The van der Waals surface area contributed by atoms with Gasteiger partial charge in [-0.2, -0.15) is 0 Å². The van der Waals surface area contributed by atoms with E-state index in [1.807, 2.05) is 6.92 Å². The van der Waals surface area contributed by atoms with Gasteiger partial charge in [0.05, 0.1) is 0 Å². The summed E-state index contributed by atoms with van der Waals surface area (Å²) in [5.74, 6) is 0. The van der Waals surface area contributed by atoms with Gasteiger partial charge in [0, 0.05) is 20.1 Å². The van der Waals surface area contributed by atoms with Gasteiger partial charge in [-0.05, 0) is 6.92 Å². The lowest BCUT2D eigenvalue weighted by Crippen LogP contribution is -2.37. The van der Waals surface area contributed by atoms with Gasteiger partial charge in [-0.25, -0.2) is 4.79 Å². The van der Waals surface area contributed by atoms with Crippen LogP contribution in [0.3, 0.4) is 0 Å². The van der Waals surface area contributed by atoms with Crippen molar-refractivity contribution in [1.29, 1.82) is 0 Å². The van der Waals surface area contributed by atoms with E-state index in [4.69, 9.17) is 0 Å². The summed E-state index contributed by atoms with van der Waals surface area (Å²) in [4.78, 5) is 12.6. The van der Waals surface area contributed by atoms with Crippen molar-refractivity contribution in [3.63, 3.8) is 0 Å². The van der Waals surface area contributed by atoms with E-state index in [2.05, 4.69) is 11.9 Å². The van der Waals surface area contributed by atoms with Crippen LogP contribution in [0, 0.1) is 0 Å². The highest BCUT2D eigenvalue weighted by Crippen LogP contribution is 1.87.